The molecule has 4 aliphatic heterocycles. The molecule has 2 N–H and O–H groups in total. The third kappa shape index (κ3) is 5.71. The summed E-state index contributed by atoms with van der Waals surface area (Å²) in [6.07, 6.45) is 5.29. The van der Waals surface area contributed by atoms with Crippen molar-refractivity contribution >= 4 is 17.4 Å². The van der Waals surface area contributed by atoms with E-state index in [0.29, 0.717) is 45.2 Å². The number of amides is 1. The summed E-state index contributed by atoms with van der Waals surface area (Å²) in [4.78, 5) is 35.6. The minimum absolute atomic E-state index is 0.00329. The van der Waals surface area contributed by atoms with Gasteiger partial charge in [-0.05, 0) is 69.5 Å². The number of anilines is 1. The standard InChI is InChI=1S/C32H44FN7O3/c1-4-27(41)40-15-14-39(18-23(40)10-12-34)30-25-9-11-32(17-21-7-8-22(33)16-26(21)38(3)20-32)29(42)28(25)35-31(36-30)43-19-24-6-5-13-37(24)2/h4,7-8,16,23-25,28,30-31,35-36H,1,5-6,9-11,13-15,17-20H2,2-3H3/t23?,24?,25?,28?,30?,31?,32-/m1/s1. The van der Waals surface area contributed by atoms with E-state index in [2.05, 4.69) is 40.1 Å². The van der Waals surface area contributed by atoms with E-state index < -0.39 is 17.8 Å². The van der Waals surface area contributed by atoms with Crippen molar-refractivity contribution in [3.8, 4) is 6.07 Å². The number of hydrogen-bond donors (Lipinski definition) is 2. The molecule has 43 heavy (non-hydrogen) atoms. The van der Waals surface area contributed by atoms with Crippen molar-refractivity contribution in [1.82, 2.24) is 25.3 Å². The molecule has 0 aromatic heterocycles. The first-order valence-electron chi connectivity index (χ1n) is 15.6. The molecule has 1 aromatic rings. The molecule has 4 heterocycles. The molecule has 10 nitrogen and oxygen atoms in total. The smallest absolute Gasteiger partial charge is 0.246 e. The maximum absolute atomic E-state index is 14.6. The highest BCUT2D eigenvalue weighted by atomic mass is 19.1. The first kappa shape index (κ1) is 30.2. The molecule has 1 aliphatic carbocycles. The van der Waals surface area contributed by atoms with E-state index in [1.54, 1.807) is 11.0 Å². The van der Waals surface area contributed by atoms with E-state index in [9.17, 15) is 19.2 Å². The van der Waals surface area contributed by atoms with Gasteiger partial charge in [0.25, 0.3) is 0 Å². The Bertz CT molecular complexity index is 1290. The molecule has 6 rings (SSSR count). The Morgan fingerprint density at radius 1 is 1.23 bits per heavy atom. The molecule has 1 aromatic carbocycles. The lowest BCUT2D eigenvalue weighted by atomic mass is 9.61. The van der Waals surface area contributed by atoms with Gasteiger partial charge in [-0.15, -0.1) is 0 Å². The molecular weight excluding hydrogens is 549 g/mol. The van der Waals surface area contributed by atoms with Crippen LogP contribution >= 0.6 is 0 Å². The molecule has 11 heteroatoms. The number of rotatable bonds is 6. The number of likely N-dealkylation sites (N-methyl/N-ethyl adjacent to an activating group) is 1. The zero-order chi connectivity index (χ0) is 30.3. The number of carbonyl (C=O) groups is 2. The molecule has 232 valence electrons. The number of ether oxygens (including phenoxy) is 1. The second-order valence-electron chi connectivity index (χ2n) is 13.1. The monoisotopic (exact) mass is 593 g/mol. The minimum Gasteiger partial charge on any atom is -0.373 e. The third-order valence-electron chi connectivity index (χ3n) is 10.6. The average molecular weight is 594 g/mol. The highest BCUT2D eigenvalue weighted by Gasteiger charge is 2.56. The van der Waals surface area contributed by atoms with Gasteiger partial charge in [0.15, 0.2) is 12.1 Å². The lowest BCUT2D eigenvalue weighted by molar-refractivity contribution is -0.152. The molecule has 3 saturated heterocycles. The van der Waals surface area contributed by atoms with E-state index in [1.165, 1.54) is 12.1 Å². The molecule has 0 radical (unpaired) electrons. The highest BCUT2D eigenvalue weighted by molar-refractivity contribution is 5.93. The van der Waals surface area contributed by atoms with Crippen LogP contribution in [0.4, 0.5) is 10.1 Å². The zero-order valence-corrected chi connectivity index (χ0v) is 25.3. The minimum atomic E-state index is -0.565. The van der Waals surface area contributed by atoms with Crippen LogP contribution in [-0.2, 0) is 20.7 Å². The van der Waals surface area contributed by atoms with Gasteiger partial charge in [-0.2, -0.15) is 5.26 Å². The van der Waals surface area contributed by atoms with E-state index in [-0.39, 0.29) is 42.1 Å². The largest absolute Gasteiger partial charge is 0.373 e. The predicted octanol–water partition coefficient (Wildman–Crippen LogP) is 1.68. The van der Waals surface area contributed by atoms with Crippen molar-refractivity contribution in [2.24, 2.45) is 11.3 Å². The summed E-state index contributed by atoms with van der Waals surface area (Å²) in [6.45, 7) is 7.47. The Morgan fingerprint density at radius 2 is 2.07 bits per heavy atom. The van der Waals surface area contributed by atoms with Gasteiger partial charge in [0.05, 0.1) is 42.8 Å². The Kier molecular flexibility index (Phi) is 8.59. The summed E-state index contributed by atoms with van der Waals surface area (Å²) < 4.78 is 20.5. The fourth-order valence-electron chi connectivity index (χ4n) is 8.31. The second-order valence-corrected chi connectivity index (χ2v) is 13.1. The normalized spacial score (nSPS) is 35.0. The molecule has 5 aliphatic rings. The number of carbonyl (C=O) groups excluding carboxylic acids is 2. The quantitative estimate of drug-likeness (QED) is 0.477. The summed E-state index contributed by atoms with van der Waals surface area (Å²) in [7, 11) is 4.07. The van der Waals surface area contributed by atoms with Gasteiger partial charge in [-0.3, -0.25) is 25.1 Å². The van der Waals surface area contributed by atoms with Crippen LogP contribution in [0.2, 0.25) is 0 Å². The van der Waals surface area contributed by atoms with Crippen LogP contribution in [0.5, 0.6) is 0 Å². The van der Waals surface area contributed by atoms with E-state index >= 15 is 0 Å². The average Bonchev–Trinajstić information content (AvgIpc) is 3.42. The molecule has 0 bridgehead atoms. The number of benzene rings is 1. The van der Waals surface area contributed by atoms with Crippen molar-refractivity contribution in [2.75, 3.05) is 58.3 Å². The van der Waals surface area contributed by atoms with Gasteiger partial charge < -0.3 is 19.4 Å². The number of nitrogens with one attached hydrogen (secondary N) is 2. The zero-order valence-electron chi connectivity index (χ0n) is 25.3. The number of piperazine rings is 1. The Labute approximate surface area is 253 Å². The van der Waals surface area contributed by atoms with E-state index in [0.717, 1.165) is 43.5 Å². The Morgan fingerprint density at radius 3 is 2.81 bits per heavy atom. The fourth-order valence-corrected chi connectivity index (χ4v) is 8.31. The van der Waals surface area contributed by atoms with Gasteiger partial charge in [-0.25, -0.2) is 4.39 Å². The molecule has 1 amide bonds. The van der Waals surface area contributed by atoms with Crippen molar-refractivity contribution in [1.29, 1.82) is 5.26 Å². The van der Waals surface area contributed by atoms with Crippen LogP contribution in [0.3, 0.4) is 0 Å². The van der Waals surface area contributed by atoms with Crippen molar-refractivity contribution in [3.63, 3.8) is 0 Å². The van der Waals surface area contributed by atoms with Crippen LogP contribution in [0.25, 0.3) is 0 Å². The van der Waals surface area contributed by atoms with Gasteiger partial charge >= 0.3 is 0 Å². The number of likely N-dealkylation sites (tertiary alicyclic amines) is 1. The van der Waals surface area contributed by atoms with Crippen molar-refractivity contribution in [2.45, 2.75) is 69.2 Å². The van der Waals surface area contributed by atoms with E-state index in [1.807, 2.05) is 18.0 Å². The molecule has 6 unspecified atom stereocenters. The predicted molar refractivity (Wildman–Crippen MR) is 160 cm³/mol. The van der Waals surface area contributed by atoms with E-state index in [4.69, 9.17) is 4.74 Å². The Balaban J connectivity index is 1.26. The van der Waals surface area contributed by atoms with Crippen LogP contribution in [-0.4, -0.2) is 110 Å². The molecule has 4 fully saturated rings. The fraction of sp³-hybridized carbons (Fsp3) is 0.656. The van der Waals surface area contributed by atoms with Crippen molar-refractivity contribution < 1.29 is 18.7 Å². The summed E-state index contributed by atoms with van der Waals surface area (Å²) in [6, 6.07) is 6.80. The molecular formula is C32H44FN7O3. The summed E-state index contributed by atoms with van der Waals surface area (Å²) in [5, 5.41) is 16.8. The van der Waals surface area contributed by atoms with Gasteiger partial charge in [-0.1, -0.05) is 12.6 Å². The highest BCUT2D eigenvalue weighted by Crippen LogP contribution is 2.47. The lowest BCUT2D eigenvalue weighted by Crippen LogP contribution is -2.75. The lowest BCUT2D eigenvalue weighted by Gasteiger charge is -2.55. The van der Waals surface area contributed by atoms with Gasteiger partial charge in [0.1, 0.15) is 5.82 Å². The van der Waals surface area contributed by atoms with Crippen LogP contribution < -0.4 is 15.5 Å². The van der Waals surface area contributed by atoms with Gasteiger partial charge in [0.2, 0.25) is 5.91 Å². The number of nitrogens with zero attached hydrogens (tertiary/aromatic N) is 5. The first-order valence-corrected chi connectivity index (χ1v) is 15.6. The van der Waals surface area contributed by atoms with Crippen LogP contribution in [0, 0.1) is 28.5 Å². The molecule has 1 saturated carbocycles. The number of ketones is 1. The topological polar surface area (TPSA) is 104 Å². The third-order valence-corrected chi connectivity index (χ3v) is 10.6. The Hall–Kier alpha value is -2.88. The maximum Gasteiger partial charge on any atom is 0.246 e. The second kappa shape index (κ2) is 12.3. The van der Waals surface area contributed by atoms with Crippen molar-refractivity contribution in [3.05, 3.63) is 42.2 Å². The first-order chi connectivity index (χ1) is 20.7. The van der Waals surface area contributed by atoms with Crippen LogP contribution in [0.15, 0.2) is 30.9 Å². The number of hydrogen-bond acceptors (Lipinski definition) is 9. The number of nitriles is 1. The maximum atomic E-state index is 14.6. The summed E-state index contributed by atoms with van der Waals surface area (Å²) in [5.41, 5.74) is 1.30. The van der Waals surface area contributed by atoms with Gasteiger partial charge in [0, 0.05) is 50.9 Å². The molecule has 7 atom stereocenters. The summed E-state index contributed by atoms with van der Waals surface area (Å²) in [5.74, 6) is -0.236. The number of fused-ring (bicyclic) bond motifs is 2. The summed E-state index contributed by atoms with van der Waals surface area (Å²) >= 11 is 0. The number of Topliss-reactive ketones (excluding diaryl/α,β-unsaturated/α-hetero) is 1. The number of halogens is 1. The van der Waals surface area contributed by atoms with Crippen LogP contribution in [0.1, 0.15) is 37.7 Å². The SMILES string of the molecule is C=CC(=O)N1CCN(C2NC(OCC3CCCN3C)NC3C(=O)[C@]4(CCC32)Cc2ccc(F)cc2N(C)C4)CC1CC#N. The molecule has 1 spiro atoms.